The second-order valence-electron chi connectivity index (χ2n) is 10.4. The van der Waals surface area contributed by atoms with Crippen molar-refractivity contribution in [3.05, 3.63) is 77.4 Å². The molecular formula is C30H35F3N4O5. The molecule has 1 saturated heterocycles. The number of carbonyl (C=O) groups excluding carboxylic acids is 2. The lowest BCUT2D eigenvalue weighted by Gasteiger charge is -2.44. The number of alkyl halides is 3. The van der Waals surface area contributed by atoms with Crippen LogP contribution in [0.3, 0.4) is 0 Å². The molecule has 12 heteroatoms. The average molecular weight is 589 g/mol. The number of methoxy groups -OCH3 is 1. The summed E-state index contributed by atoms with van der Waals surface area (Å²) in [7, 11) is 1.52. The monoisotopic (exact) mass is 588 g/mol. The molecule has 2 heterocycles. The fraction of sp³-hybridized carbons (Fsp3) is 0.433. The van der Waals surface area contributed by atoms with Gasteiger partial charge in [-0.05, 0) is 36.6 Å². The van der Waals surface area contributed by atoms with Gasteiger partial charge in [-0.25, -0.2) is 0 Å². The van der Waals surface area contributed by atoms with E-state index in [9.17, 15) is 27.9 Å². The van der Waals surface area contributed by atoms with Crippen LogP contribution in [-0.2, 0) is 9.53 Å². The lowest BCUT2D eigenvalue weighted by Crippen LogP contribution is -2.62. The second-order valence-corrected chi connectivity index (χ2v) is 10.4. The van der Waals surface area contributed by atoms with Crippen molar-refractivity contribution in [1.29, 1.82) is 5.41 Å². The number of benzene rings is 2. The van der Waals surface area contributed by atoms with Crippen molar-refractivity contribution in [2.45, 2.75) is 69.1 Å². The molecule has 0 bridgehead atoms. The van der Waals surface area contributed by atoms with Gasteiger partial charge >= 0.3 is 6.18 Å². The van der Waals surface area contributed by atoms with Gasteiger partial charge in [0.2, 0.25) is 12.0 Å². The van der Waals surface area contributed by atoms with Crippen molar-refractivity contribution in [2.75, 3.05) is 13.7 Å². The van der Waals surface area contributed by atoms with Crippen LogP contribution in [0.5, 0.6) is 5.75 Å². The molecule has 9 nitrogen and oxygen atoms in total. The molecule has 0 spiro atoms. The minimum atomic E-state index is -4.87. The maximum Gasteiger partial charge on any atom is 0.428 e. The number of hydrogen-bond acceptors (Lipinski definition) is 6. The van der Waals surface area contributed by atoms with E-state index in [2.05, 4.69) is 10.6 Å². The Morgan fingerprint density at radius 1 is 1.26 bits per heavy atom. The summed E-state index contributed by atoms with van der Waals surface area (Å²) in [5.74, 6) is -1.15. The van der Waals surface area contributed by atoms with Gasteiger partial charge in [-0.2, -0.15) is 13.2 Å². The molecule has 4 atom stereocenters. The normalized spacial score (nSPS) is 22.7. The quantitative estimate of drug-likeness (QED) is 0.322. The molecule has 0 radical (unpaired) electrons. The Morgan fingerprint density at radius 2 is 1.98 bits per heavy atom. The molecule has 226 valence electrons. The van der Waals surface area contributed by atoms with Gasteiger partial charge in [-0.1, -0.05) is 56.3 Å². The number of hydrogen-bond donors (Lipinski definition) is 4. The van der Waals surface area contributed by atoms with Crippen molar-refractivity contribution < 1.29 is 37.3 Å². The Hall–Kier alpha value is -3.90. The first-order chi connectivity index (χ1) is 19.9. The molecule has 2 aliphatic heterocycles. The number of rotatable bonds is 9. The number of fused-ring (bicyclic) bond motifs is 1. The number of carbonyl (C=O) groups is 2. The maximum atomic E-state index is 13.7. The van der Waals surface area contributed by atoms with E-state index >= 15 is 0 Å². The Labute approximate surface area is 242 Å². The number of nitrogens with zero attached hydrogens (tertiary/aromatic N) is 1. The van der Waals surface area contributed by atoms with Crippen molar-refractivity contribution in [3.63, 3.8) is 0 Å². The first-order valence-electron chi connectivity index (χ1n) is 13.7. The number of aliphatic hydroxyl groups excluding tert-OH is 1. The van der Waals surface area contributed by atoms with Crippen molar-refractivity contribution >= 4 is 17.8 Å². The highest BCUT2D eigenvalue weighted by Crippen LogP contribution is 2.40. The Kier molecular flexibility index (Phi) is 9.27. The summed E-state index contributed by atoms with van der Waals surface area (Å²) < 4.78 is 51.1. The third-order valence-electron chi connectivity index (χ3n) is 7.86. The van der Waals surface area contributed by atoms with Gasteiger partial charge in [0, 0.05) is 23.8 Å². The Balaban J connectivity index is 1.65. The van der Waals surface area contributed by atoms with E-state index in [0.29, 0.717) is 18.4 Å². The van der Waals surface area contributed by atoms with Crippen LogP contribution < -0.4 is 15.4 Å². The zero-order valence-electron chi connectivity index (χ0n) is 23.6. The number of nitrogens with one attached hydrogen (secondary N) is 3. The van der Waals surface area contributed by atoms with Gasteiger partial charge in [0.1, 0.15) is 11.9 Å². The van der Waals surface area contributed by atoms with Gasteiger partial charge < -0.3 is 25.2 Å². The second kappa shape index (κ2) is 12.5. The van der Waals surface area contributed by atoms with Gasteiger partial charge in [0.15, 0.2) is 5.96 Å². The highest BCUT2D eigenvalue weighted by Gasteiger charge is 2.52. The topological polar surface area (TPSA) is 124 Å². The standard InChI is InChI=1S/C30H35F3N4O5/c1-4-29(5-2)17-23(38)37(28(34)36-29)21(13-9-15-41-3)18-10-8-11-19(16-18)27(40)35-24-20-12-6-7-14-22(20)42-26(25(24)39)30(31,32)33/h6-14,16,21,24-26,39H,4-5,15,17H2,1-3H3,(H2,34,36)(H,35,40)/b13-9+. The highest BCUT2D eigenvalue weighted by molar-refractivity contribution is 6.00. The molecule has 4 unspecified atom stereocenters. The molecule has 0 aliphatic carbocycles. The molecule has 4 N–H and O–H groups in total. The summed E-state index contributed by atoms with van der Waals surface area (Å²) >= 11 is 0. The van der Waals surface area contributed by atoms with Crippen molar-refractivity contribution in [2.24, 2.45) is 0 Å². The van der Waals surface area contributed by atoms with Crippen LogP contribution in [0.4, 0.5) is 13.2 Å². The molecule has 2 aromatic rings. The minimum Gasteiger partial charge on any atom is -0.478 e. The third-order valence-corrected chi connectivity index (χ3v) is 7.86. The van der Waals surface area contributed by atoms with E-state index in [1.165, 1.54) is 42.3 Å². The lowest BCUT2D eigenvalue weighted by molar-refractivity contribution is -0.228. The van der Waals surface area contributed by atoms with Crippen LogP contribution in [0.1, 0.15) is 66.7 Å². The molecule has 4 rings (SSSR count). The molecule has 42 heavy (non-hydrogen) atoms. The molecule has 1 fully saturated rings. The number of para-hydroxylation sites is 1. The van der Waals surface area contributed by atoms with Crippen LogP contribution in [-0.4, -0.2) is 65.4 Å². The van der Waals surface area contributed by atoms with Crippen LogP contribution >= 0.6 is 0 Å². The number of amides is 2. The van der Waals surface area contributed by atoms with Gasteiger partial charge in [-0.3, -0.25) is 19.9 Å². The molecule has 0 saturated carbocycles. The highest BCUT2D eigenvalue weighted by atomic mass is 19.4. The summed E-state index contributed by atoms with van der Waals surface area (Å²) in [5.41, 5.74) is 0.279. The van der Waals surface area contributed by atoms with Crippen LogP contribution in [0.15, 0.2) is 60.7 Å². The van der Waals surface area contributed by atoms with Crippen LogP contribution in [0, 0.1) is 5.41 Å². The summed E-state index contributed by atoms with van der Waals surface area (Å²) in [6.07, 6.45) is -4.60. The van der Waals surface area contributed by atoms with E-state index in [1.54, 1.807) is 30.4 Å². The average Bonchev–Trinajstić information content (AvgIpc) is 2.96. The van der Waals surface area contributed by atoms with E-state index < -0.39 is 41.9 Å². The third kappa shape index (κ3) is 6.29. The van der Waals surface area contributed by atoms with E-state index in [4.69, 9.17) is 14.9 Å². The summed E-state index contributed by atoms with van der Waals surface area (Å²) in [6, 6.07) is 10.0. The Morgan fingerprint density at radius 3 is 2.62 bits per heavy atom. The van der Waals surface area contributed by atoms with Gasteiger partial charge in [0.25, 0.3) is 5.91 Å². The molecular weight excluding hydrogens is 553 g/mol. The minimum absolute atomic E-state index is 0.0722. The molecule has 2 aliphatic rings. The lowest BCUT2D eigenvalue weighted by atomic mass is 9.86. The Bertz CT molecular complexity index is 1320. The largest absolute Gasteiger partial charge is 0.478 e. The van der Waals surface area contributed by atoms with Crippen molar-refractivity contribution in [3.8, 4) is 5.75 Å². The smallest absolute Gasteiger partial charge is 0.428 e. The van der Waals surface area contributed by atoms with Crippen molar-refractivity contribution in [1.82, 2.24) is 15.5 Å². The number of guanidine groups is 1. The number of ether oxygens (including phenoxy) is 2. The fourth-order valence-corrected chi connectivity index (χ4v) is 5.37. The summed E-state index contributed by atoms with van der Waals surface area (Å²) in [6.45, 7) is 4.15. The maximum absolute atomic E-state index is 13.7. The number of halogens is 3. The summed E-state index contributed by atoms with van der Waals surface area (Å²) in [4.78, 5) is 28.1. The van der Waals surface area contributed by atoms with Gasteiger partial charge in [-0.15, -0.1) is 0 Å². The predicted octanol–water partition coefficient (Wildman–Crippen LogP) is 4.40. The fourth-order valence-electron chi connectivity index (χ4n) is 5.37. The van der Waals surface area contributed by atoms with E-state index in [0.717, 1.165) is 0 Å². The van der Waals surface area contributed by atoms with E-state index in [-0.39, 0.29) is 41.8 Å². The first kappa shape index (κ1) is 31.0. The zero-order valence-corrected chi connectivity index (χ0v) is 23.6. The van der Waals surface area contributed by atoms with Crippen LogP contribution in [0.25, 0.3) is 0 Å². The first-order valence-corrected chi connectivity index (χ1v) is 13.7. The predicted molar refractivity (Wildman–Crippen MR) is 149 cm³/mol. The van der Waals surface area contributed by atoms with Crippen LogP contribution in [0.2, 0.25) is 0 Å². The van der Waals surface area contributed by atoms with E-state index in [1.807, 2.05) is 13.8 Å². The van der Waals surface area contributed by atoms with Gasteiger partial charge in [0.05, 0.1) is 25.1 Å². The zero-order chi connectivity index (χ0) is 30.7. The molecule has 2 amide bonds. The number of aliphatic hydroxyl groups is 1. The molecule has 2 aromatic carbocycles. The summed E-state index contributed by atoms with van der Waals surface area (Å²) in [5, 5.41) is 25.0. The molecule has 0 aromatic heterocycles. The SMILES string of the molecule is CCC1(CC)CC(=O)N(C(/C=C/COC)c2cccc(C(=O)NC3c4ccccc4OC(C(F)(F)F)C3O)c2)C(=N)N1.